The normalized spacial score (nSPS) is 10.2. The lowest BCUT2D eigenvalue weighted by molar-refractivity contribution is 0.415. The minimum Gasteiger partial charge on any atom is -0.497 e. The van der Waals surface area contributed by atoms with Gasteiger partial charge in [0, 0.05) is 49.1 Å². The molecule has 0 radical (unpaired) electrons. The van der Waals surface area contributed by atoms with E-state index in [9.17, 15) is 0 Å². The molecule has 0 amide bonds. The minimum atomic E-state index is 0.852. The molecule has 0 atom stereocenters. The number of anilines is 3. The maximum Gasteiger partial charge on any atom is 0.123 e. The first-order chi connectivity index (χ1) is 9.52. The highest BCUT2D eigenvalue weighted by Crippen LogP contribution is 2.34. The van der Waals surface area contributed by atoms with Crippen molar-refractivity contribution in [3.63, 3.8) is 0 Å². The molecule has 0 spiro atoms. The van der Waals surface area contributed by atoms with Gasteiger partial charge in [-0.15, -0.1) is 0 Å². The molecule has 0 saturated heterocycles. The molecule has 0 aliphatic heterocycles. The Labute approximate surface area is 128 Å². The molecule has 20 heavy (non-hydrogen) atoms. The Balaban J connectivity index is 2.46. The van der Waals surface area contributed by atoms with Gasteiger partial charge in [-0.05, 0) is 34.1 Å². The lowest BCUT2D eigenvalue weighted by atomic mass is 10.2. The molecule has 3 nitrogen and oxygen atoms in total. The van der Waals surface area contributed by atoms with Crippen LogP contribution in [0.1, 0.15) is 0 Å². The summed E-state index contributed by atoms with van der Waals surface area (Å²) in [6.07, 6.45) is 0. The highest BCUT2D eigenvalue weighted by molar-refractivity contribution is 9.10. The molecule has 0 saturated carbocycles. The summed E-state index contributed by atoms with van der Waals surface area (Å²) in [5, 5.41) is 0. The van der Waals surface area contributed by atoms with E-state index in [1.165, 1.54) is 0 Å². The lowest BCUT2D eigenvalue weighted by Gasteiger charge is -2.24. The van der Waals surface area contributed by atoms with Crippen LogP contribution in [-0.4, -0.2) is 28.3 Å². The average Bonchev–Trinajstić information content (AvgIpc) is 2.46. The molecule has 0 heterocycles. The van der Waals surface area contributed by atoms with E-state index in [2.05, 4.69) is 37.9 Å². The van der Waals surface area contributed by atoms with Crippen molar-refractivity contribution in [2.24, 2.45) is 0 Å². The van der Waals surface area contributed by atoms with Crippen LogP contribution in [0.2, 0.25) is 0 Å². The van der Waals surface area contributed by atoms with Crippen molar-refractivity contribution in [3.05, 3.63) is 46.9 Å². The Hall–Kier alpha value is -1.68. The van der Waals surface area contributed by atoms with Crippen molar-refractivity contribution in [3.8, 4) is 5.75 Å². The number of nitrogens with zero attached hydrogens (tertiary/aromatic N) is 2. The number of methoxy groups -OCH3 is 1. The molecule has 2 aromatic rings. The number of hydrogen-bond acceptors (Lipinski definition) is 3. The fourth-order valence-corrected chi connectivity index (χ4v) is 2.55. The lowest BCUT2D eigenvalue weighted by Crippen LogP contribution is -2.13. The molecular formula is C16H19BrN2O. The molecule has 0 aliphatic rings. The standard InChI is InChI=1S/C16H19BrN2O/c1-18(2)12-9-13(11-14(10-12)20-4)19(3)16-8-6-5-7-15(16)17/h5-11H,1-4H3. The predicted octanol–water partition coefficient (Wildman–Crippen LogP) is 4.29. The fourth-order valence-electron chi connectivity index (χ4n) is 2.00. The van der Waals surface area contributed by atoms with Crippen molar-refractivity contribution in [1.82, 2.24) is 0 Å². The summed E-state index contributed by atoms with van der Waals surface area (Å²) in [5.74, 6) is 0.852. The second-order valence-corrected chi connectivity index (χ2v) is 5.65. The molecular weight excluding hydrogens is 316 g/mol. The number of para-hydroxylation sites is 1. The van der Waals surface area contributed by atoms with Crippen LogP contribution in [0, 0.1) is 0 Å². The average molecular weight is 335 g/mol. The van der Waals surface area contributed by atoms with Gasteiger partial charge in [-0.25, -0.2) is 0 Å². The maximum absolute atomic E-state index is 5.40. The second-order valence-electron chi connectivity index (χ2n) is 4.79. The van der Waals surface area contributed by atoms with Crippen LogP contribution < -0.4 is 14.5 Å². The smallest absolute Gasteiger partial charge is 0.123 e. The molecule has 0 bridgehead atoms. The van der Waals surface area contributed by atoms with Gasteiger partial charge in [0.25, 0.3) is 0 Å². The van der Waals surface area contributed by atoms with Crippen molar-refractivity contribution in [2.75, 3.05) is 38.1 Å². The predicted molar refractivity (Wildman–Crippen MR) is 89.5 cm³/mol. The van der Waals surface area contributed by atoms with E-state index in [0.717, 1.165) is 27.3 Å². The van der Waals surface area contributed by atoms with Crippen molar-refractivity contribution < 1.29 is 4.74 Å². The van der Waals surface area contributed by atoms with Crippen LogP contribution in [0.4, 0.5) is 17.1 Å². The van der Waals surface area contributed by atoms with Gasteiger partial charge in [-0.2, -0.15) is 0 Å². The van der Waals surface area contributed by atoms with Crippen LogP contribution >= 0.6 is 15.9 Å². The number of hydrogen-bond donors (Lipinski definition) is 0. The van der Waals surface area contributed by atoms with E-state index < -0.39 is 0 Å². The van der Waals surface area contributed by atoms with E-state index in [4.69, 9.17) is 4.74 Å². The summed E-state index contributed by atoms with van der Waals surface area (Å²) in [6.45, 7) is 0. The number of rotatable bonds is 4. The quantitative estimate of drug-likeness (QED) is 0.829. The van der Waals surface area contributed by atoms with Crippen molar-refractivity contribution >= 4 is 33.0 Å². The molecule has 4 heteroatoms. The van der Waals surface area contributed by atoms with E-state index in [-0.39, 0.29) is 0 Å². The molecule has 0 fully saturated rings. The first-order valence-corrected chi connectivity index (χ1v) is 7.17. The Bertz CT molecular complexity index is 599. The van der Waals surface area contributed by atoms with Gasteiger partial charge in [-0.3, -0.25) is 0 Å². The Morgan fingerprint density at radius 1 is 0.950 bits per heavy atom. The highest BCUT2D eigenvalue weighted by Gasteiger charge is 2.10. The third kappa shape index (κ3) is 3.07. The van der Waals surface area contributed by atoms with Crippen molar-refractivity contribution in [1.29, 1.82) is 0 Å². The zero-order valence-corrected chi connectivity index (χ0v) is 13.8. The summed E-state index contributed by atoms with van der Waals surface area (Å²) in [4.78, 5) is 4.21. The zero-order chi connectivity index (χ0) is 14.7. The van der Waals surface area contributed by atoms with Gasteiger partial charge in [0.05, 0.1) is 12.8 Å². The first-order valence-electron chi connectivity index (χ1n) is 6.37. The SMILES string of the molecule is COc1cc(N(C)C)cc(N(C)c2ccccc2Br)c1. The first kappa shape index (κ1) is 14.7. The molecule has 0 aliphatic carbocycles. The van der Waals surface area contributed by atoms with Gasteiger partial charge in [-0.1, -0.05) is 12.1 Å². The Morgan fingerprint density at radius 3 is 2.20 bits per heavy atom. The molecule has 0 unspecified atom stereocenters. The zero-order valence-electron chi connectivity index (χ0n) is 12.2. The highest BCUT2D eigenvalue weighted by atomic mass is 79.9. The van der Waals surface area contributed by atoms with Crippen molar-refractivity contribution in [2.45, 2.75) is 0 Å². The third-order valence-corrected chi connectivity index (χ3v) is 3.90. The Kier molecular flexibility index (Phi) is 4.55. The number of halogens is 1. The largest absolute Gasteiger partial charge is 0.497 e. The van der Waals surface area contributed by atoms with Crippen LogP contribution in [0.5, 0.6) is 5.75 Å². The summed E-state index contributed by atoms with van der Waals surface area (Å²) in [7, 11) is 7.79. The molecule has 2 aromatic carbocycles. The van der Waals surface area contributed by atoms with Gasteiger partial charge in [0.1, 0.15) is 5.75 Å². The number of ether oxygens (including phenoxy) is 1. The second kappa shape index (κ2) is 6.18. The van der Waals surface area contributed by atoms with Crippen LogP contribution in [0.25, 0.3) is 0 Å². The van der Waals surface area contributed by atoms with E-state index >= 15 is 0 Å². The fraction of sp³-hybridized carbons (Fsp3) is 0.250. The van der Waals surface area contributed by atoms with Crippen LogP contribution in [0.3, 0.4) is 0 Å². The Morgan fingerprint density at radius 2 is 1.60 bits per heavy atom. The summed E-state index contributed by atoms with van der Waals surface area (Å²) >= 11 is 3.59. The molecule has 0 aromatic heterocycles. The summed E-state index contributed by atoms with van der Waals surface area (Å²) in [5.41, 5.74) is 3.31. The monoisotopic (exact) mass is 334 g/mol. The van der Waals surface area contributed by atoms with Crippen LogP contribution in [-0.2, 0) is 0 Å². The minimum absolute atomic E-state index is 0.852. The van der Waals surface area contributed by atoms with E-state index in [1.54, 1.807) is 7.11 Å². The molecule has 106 valence electrons. The van der Waals surface area contributed by atoms with E-state index in [0.29, 0.717) is 0 Å². The summed E-state index contributed by atoms with van der Waals surface area (Å²) in [6, 6.07) is 14.4. The van der Waals surface area contributed by atoms with Gasteiger partial charge < -0.3 is 14.5 Å². The molecule has 0 N–H and O–H groups in total. The topological polar surface area (TPSA) is 15.7 Å². The maximum atomic E-state index is 5.40. The van der Waals surface area contributed by atoms with Gasteiger partial charge in [0.2, 0.25) is 0 Å². The van der Waals surface area contributed by atoms with E-state index in [1.807, 2.05) is 51.5 Å². The van der Waals surface area contributed by atoms with Crippen LogP contribution in [0.15, 0.2) is 46.9 Å². The number of benzene rings is 2. The molecule has 2 rings (SSSR count). The summed E-state index contributed by atoms with van der Waals surface area (Å²) < 4.78 is 6.46. The third-order valence-electron chi connectivity index (χ3n) is 3.23. The van der Waals surface area contributed by atoms with Gasteiger partial charge in [0.15, 0.2) is 0 Å². The van der Waals surface area contributed by atoms with Gasteiger partial charge >= 0.3 is 0 Å².